The summed E-state index contributed by atoms with van der Waals surface area (Å²) in [6.07, 6.45) is 3.42. The molecule has 10 heteroatoms. The molecule has 0 saturated heterocycles. The molecular formula is C23H24FN5O4. The van der Waals surface area contributed by atoms with E-state index < -0.39 is 29.4 Å². The number of rotatable bonds is 9. The van der Waals surface area contributed by atoms with Gasteiger partial charge in [0.25, 0.3) is 5.91 Å². The van der Waals surface area contributed by atoms with Crippen LogP contribution in [0.15, 0.2) is 24.5 Å². The molecule has 9 nitrogen and oxygen atoms in total. The van der Waals surface area contributed by atoms with E-state index in [0.717, 1.165) is 12.8 Å². The number of aryl methyl sites for hydroxylation is 1. The molecule has 1 atom stereocenters. The smallest absolute Gasteiger partial charge is 0.349 e. The number of amides is 1. The van der Waals surface area contributed by atoms with Gasteiger partial charge in [-0.25, -0.2) is 19.2 Å². The molecule has 172 valence electrons. The number of H-pyrrole nitrogens is 1. The van der Waals surface area contributed by atoms with E-state index in [4.69, 9.17) is 15.3 Å². The Balaban J connectivity index is 1.67. The maximum Gasteiger partial charge on any atom is 0.349 e. The van der Waals surface area contributed by atoms with Gasteiger partial charge in [0.05, 0.1) is 17.7 Å². The van der Waals surface area contributed by atoms with E-state index in [2.05, 4.69) is 20.3 Å². The average molecular weight is 453 g/mol. The number of nitrogens with one attached hydrogen (secondary N) is 3. The third-order valence-corrected chi connectivity index (χ3v) is 5.51. The van der Waals surface area contributed by atoms with Crippen LogP contribution < -0.4 is 10.1 Å². The summed E-state index contributed by atoms with van der Waals surface area (Å²) < 4.78 is 19.8. The predicted octanol–water partition coefficient (Wildman–Crippen LogP) is 3.47. The Morgan fingerprint density at radius 1 is 1.36 bits per heavy atom. The molecule has 1 amide bonds. The first-order chi connectivity index (χ1) is 15.7. The molecule has 1 aromatic carbocycles. The van der Waals surface area contributed by atoms with Crippen LogP contribution in [0.2, 0.25) is 0 Å². The molecule has 1 aliphatic rings. The van der Waals surface area contributed by atoms with Crippen LogP contribution in [0.3, 0.4) is 0 Å². The summed E-state index contributed by atoms with van der Waals surface area (Å²) in [5.74, 6) is -1.33. The Morgan fingerprint density at radius 2 is 2.12 bits per heavy atom. The topological polar surface area (TPSA) is 141 Å². The third kappa shape index (κ3) is 4.84. The van der Waals surface area contributed by atoms with E-state index in [1.54, 1.807) is 19.9 Å². The van der Waals surface area contributed by atoms with Crippen molar-refractivity contribution in [1.82, 2.24) is 20.3 Å². The number of carbonyl (C=O) groups excluding carboxylic acids is 1. The number of aliphatic carboxylic acids is 1. The van der Waals surface area contributed by atoms with Gasteiger partial charge in [0.2, 0.25) is 0 Å². The fraction of sp³-hybridized carbons (Fsp3) is 0.348. The second kappa shape index (κ2) is 8.97. The Morgan fingerprint density at radius 3 is 2.82 bits per heavy atom. The minimum atomic E-state index is -1.32. The van der Waals surface area contributed by atoms with E-state index in [9.17, 15) is 14.0 Å². The number of aromatic amines is 1. The number of hydrogen-bond donors (Lipinski definition) is 4. The average Bonchev–Trinajstić information content (AvgIpc) is 3.52. The van der Waals surface area contributed by atoms with Crippen molar-refractivity contribution < 1.29 is 23.8 Å². The molecule has 0 aliphatic heterocycles. The molecule has 0 spiro atoms. The Hall–Kier alpha value is -3.82. The van der Waals surface area contributed by atoms with Crippen molar-refractivity contribution in [3.8, 4) is 17.0 Å². The van der Waals surface area contributed by atoms with Gasteiger partial charge in [-0.05, 0) is 44.7 Å². The first-order valence-corrected chi connectivity index (χ1v) is 10.6. The summed E-state index contributed by atoms with van der Waals surface area (Å²) >= 11 is 0. The molecule has 0 unspecified atom stereocenters. The molecule has 0 radical (unpaired) electrons. The number of fused-ring (bicyclic) bond motifs is 1. The van der Waals surface area contributed by atoms with Crippen LogP contribution in [0.1, 0.15) is 42.2 Å². The first kappa shape index (κ1) is 22.4. The normalized spacial score (nSPS) is 14.2. The van der Waals surface area contributed by atoms with Crippen LogP contribution in [-0.2, 0) is 4.79 Å². The van der Waals surface area contributed by atoms with Gasteiger partial charge in [-0.1, -0.05) is 0 Å². The van der Waals surface area contributed by atoms with Crippen LogP contribution in [0.4, 0.5) is 4.39 Å². The Kier molecular flexibility index (Phi) is 6.08. The quantitative estimate of drug-likeness (QED) is 0.366. The summed E-state index contributed by atoms with van der Waals surface area (Å²) in [7, 11) is 0. The molecule has 4 rings (SSSR count). The zero-order valence-electron chi connectivity index (χ0n) is 18.2. The van der Waals surface area contributed by atoms with Gasteiger partial charge in [-0.15, -0.1) is 0 Å². The molecule has 1 aliphatic carbocycles. The van der Waals surface area contributed by atoms with Crippen molar-refractivity contribution in [2.24, 2.45) is 5.92 Å². The maximum absolute atomic E-state index is 13.9. The Labute approximate surface area is 188 Å². The van der Waals surface area contributed by atoms with Crippen molar-refractivity contribution >= 4 is 28.6 Å². The molecule has 1 saturated carbocycles. The number of hydrogen-bond acceptors (Lipinski definition) is 6. The van der Waals surface area contributed by atoms with Crippen molar-refractivity contribution in [2.75, 3.05) is 6.61 Å². The van der Waals surface area contributed by atoms with E-state index >= 15 is 0 Å². The van der Waals surface area contributed by atoms with Crippen molar-refractivity contribution in [3.63, 3.8) is 0 Å². The van der Waals surface area contributed by atoms with E-state index in [-0.39, 0.29) is 6.42 Å². The number of halogens is 1. The highest BCUT2D eigenvalue weighted by molar-refractivity contribution is 6.34. The number of ether oxygens (including phenoxy) is 1. The van der Waals surface area contributed by atoms with Crippen LogP contribution >= 0.6 is 0 Å². The number of benzene rings is 1. The molecule has 4 N–H and O–H groups in total. The summed E-state index contributed by atoms with van der Waals surface area (Å²) in [5, 5.41) is 19.1. The standard InChI is InChI=1S/C23H24FN5O4/c1-11(7-16(25)23(31)32)28-22(30)18-12(2)29-21-19(26-10-27-20(18)21)15-6-5-14(24)8-17(15)33-9-13-3-4-13/h5-6,8,10-11,13,25,29H,3-4,7,9H2,1-2H3,(H,28,30)(H,31,32)/t11-/m1/s1. The molecule has 0 bridgehead atoms. The monoisotopic (exact) mass is 453 g/mol. The maximum atomic E-state index is 13.9. The van der Waals surface area contributed by atoms with Gasteiger partial charge in [0, 0.05) is 29.8 Å². The SMILES string of the molecule is Cc1[nH]c2c(-c3ccc(F)cc3OCC3CC3)ncnc2c1C(=O)N[C@H](C)CC(=N)C(=O)O. The zero-order chi connectivity index (χ0) is 23.7. The summed E-state index contributed by atoms with van der Waals surface area (Å²) in [6, 6.07) is 3.69. The lowest BCUT2D eigenvalue weighted by Gasteiger charge is -2.13. The number of nitrogens with zero attached hydrogens (tertiary/aromatic N) is 2. The largest absolute Gasteiger partial charge is 0.492 e. The minimum Gasteiger partial charge on any atom is -0.492 e. The molecule has 1 fully saturated rings. The fourth-order valence-electron chi connectivity index (χ4n) is 3.65. The van der Waals surface area contributed by atoms with Crippen LogP contribution in [0.25, 0.3) is 22.3 Å². The third-order valence-electron chi connectivity index (χ3n) is 5.51. The molecule has 3 aromatic rings. The van der Waals surface area contributed by atoms with Crippen LogP contribution in [0.5, 0.6) is 5.75 Å². The number of carboxylic acids is 1. The second-order valence-corrected chi connectivity index (χ2v) is 8.33. The van der Waals surface area contributed by atoms with Gasteiger partial charge in [0.15, 0.2) is 0 Å². The van der Waals surface area contributed by atoms with Gasteiger partial charge < -0.3 is 20.1 Å². The molecule has 2 heterocycles. The van der Waals surface area contributed by atoms with E-state index in [1.807, 2.05) is 0 Å². The van der Waals surface area contributed by atoms with Crippen molar-refractivity contribution in [2.45, 2.75) is 39.2 Å². The van der Waals surface area contributed by atoms with E-state index in [1.165, 1.54) is 18.5 Å². The highest BCUT2D eigenvalue weighted by atomic mass is 19.1. The second-order valence-electron chi connectivity index (χ2n) is 8.33. The summed E-state index contributed by atoms with van der Waals surface area (Å²) in [5.41, 5.74) is 2.31. The van der Waals surface area contributed by atoms with Gasteiger partial charge in [0.1, 0.15) is 34.8 Å². The van der Waals surface area contributed by atoms with Gasteiger partial charge >= 0.3 is 5.97 Å². The summed E-state index contributed by atoms with van der Waals surface area (Å²) in [6.45, 7) is 3.85. The number of carbonyl (C=O) groups is 2. The van der Waals surface area contributed by atoms with Crippen LogP contribution in [-0.4, -0.2) is 50.3 Å². The fourth-order valence-corrected chi connectivity index (χ4v) is 3.65. The predicted molar refractivity (Wildman–Crippen MR) is 119 cm³/mol. The van der Waals surface area contributed by atoms with Gasteiger partial charge in [-0.3, -0.25) is 10.2 Å². The Bertz CT molecular complexity index is 1250. The van der Waals surface area contributed by atoms with Crippen molar-refractivity contribution in [1.29, 1.82) is 5.41 Å². The van der Waals surface area contributed by atoms with Crippen molar-refractivity contribution in [3.05, 3.63) is 41.6 Å². The van der Waals surface area contributed by atoms with Crippen LogP contribution in [0, 0.1) is 24.1 Å². The summed E-state index contributed by atoms with van der Waals surface area (Å²) in [4.78, 5) is 35.7. The lowest BCUT2D eigenvalue weighted by Crippen LogP contribution is -2.35. The lowest BCUT2D eigenvalue weighted by atomic mass is 10.1. The first-order valence-electron chi connectivity index (χ1n) is 10.6. The zero-order valence-corrected chi connectivity index (χ0v) is 18.2. The number of carboxylic acid groups (broad SMARTS) is 1. The number of aromatic nitrogens is 3. The lowest BCUT2D eigenvalue weighted by molar-refractivity contribution is -0.129. The minimum absolute atomic E-state index is 0.111. The molecule has 33 heavy (non-hydrogen) atoms. The van der Waals surface area contributed by atoms with Gasteiger partial charge in [-0.2, -0.15) is 0 Å². The van der Waals surface area contributed by atoms with E-state index in [0.29, 0.717) is 51.8 Å². The molecular weight excluding hydrogens is 429 g/mol. The molecule has 2 aromatic heterocycles. The highest BCUT2D eigenvalue weighted by Gasteiger charge is 2.25. The highest BCUT2D eigenvalue weighted by Crippen LogP contribution is 2.36.